The van der Waals surface area contributed by atoms with Crippen LogP contribution in [0.25, 0.3) is 0 Å². The molecule has 0 aromatic heterocycles. The maximum absolute atomic E-state index is 14.1. The fourth-order valence-corrected chi connectivity index (χ4v) is 7.03. The molecule has 1 aromatic carbocycles. The average molecular weight is 728 g/mol. The van der Waals surface area contributed by atoms with Crippen LogP contribution in [-0.4, -0.2) is 87.8 Å². The van der Waals surface area contributed by atoms with Crippen LogP contribution in [0.4, 0.5) is 20.1 Å². The molecule has 4 rings (SSSR count). The van der Waals surface area contributed by atoms with E-state index in [1.807, 2.05) is 32.9 Å². The number of fused-ring (bicyclic) bond motifs is 1. The van der Waals surface area contributed by atoms with Gasteiger partial charge in [0.1, 0.15) is 17.2 Å². The van der Waals surface area contributed by atoms with E-state index in [9.17, 15) is 28.8 Å². The van der Waals surface area contributed by atoms with E-state index in [0.717, 1.165) is 16.2 Å². The molecule has 0 unspecified atom stereocenters. The van der Waals surface area contributed by atoms with Gasteiger partial charge in [-0.2, -0.15) is 0 Å². The predicted molar refractivity (Wildman–Crippen MR) is 194 cm³/mol. The van der Waals surface area contributed by atoms with Gasteiger partial charge < -0.3 is 29.7 Å². The van der Waals surface area contributed by atoms with Crippen molar-refractivity contribution in [2.24, 2.45) is 5.92 Å². The molecule has 0 bridgehead atoms. The number of rotatable bonds is 9. The highest BCUT2D eigenvalue weighted by Crippen LogP contribution is 2.48. The highest BCUT2D eigenvalue weighted by molar-refractivity contribution is 6.06. The molecule has 0 spiro atoms. The summed E-state index contributed by atoms with van der Waals surface area (Å²) in [5, 5.41) is 8.88. The summed E-state index contributed by atoms with van der Waals surface area (Å²) >= 11 is 0. The van der Waals surface area contributed by atoms with Crippen molar-refractivity contribution >= 4 is 41.7 Å². The second-order valence-electron chi connectivity index (χ2n) is 16.9. The maximum Gasteiger partial charge on any atom is 0.420 e. The molecule has 1 saturated heterocycles. The zero-order chi connectivity index (χ0) is 38.6. The summed E-state index contributed by atoms with van der Waals surface area (Å²) in [6.07, 6.45) is 2.30. The second kappa shape index (κ2) is 16.1. The number of carbonyl (C=O) groups is 6. The normalized spacial score (nSPS) is 22.2. The van der Waals surface area contributed by atoms with Gasteiger partial charge >= 0.3 is 18.3 Å². The van der Waals surface area contributed by atoms with Crippen molar-refractivity contribution in [3.63, 3.8) is 0 Å². The molecule has 52 heavy (non-hydrogen) atoms. The Labute approximate surface area is 307 Å². The molecule has 14 nitrogen and oxygen atoms in total. The Morgan fingerprint density at radius 1 is 0.865 bits per heavy atom. The number of hydrogen-bond donors (Lipinski definition) is 3. The number of benzene rings is 1. The van der Waals surface area contributed by atoms with Crippen molar-refractivity contribution < 1.29 is 43.0 Å². The van der Waals surface area contributed by atoms with Gasteiger partial charge in [0, 0.05) is 41.4 Å². The van der Waals surface area contributed by atoms with Gasteiger partial charge in [-0.1, -0.05) is 6.07 Å². The van der Waals surface area contributed by atoms with Crippen LogP contribution in [0.15, 0.2) is 18.2 Å². The maximum atomic E-state index is 14.1. The number of anilines is 1. The quantitative estimate of drug-likeness (QED) is 0.146. The van der Waals surface area contributed by atoms with Crippen LogP contribution < -0.4 is 16.0 Å². The first-order chi connectivity index (χ1) is 24.2. The number of ether oxygens (including phenoxy) is 3. The lowest BCUT2D eigenvalue weighted by molar-refractivity contribution is -0.137. The van der Waals surface area contributed by atoms with Gasteiger partial charge in [-0.05, 0) is 125 Å². The van der Waals surface area contributed by atoms with Crippen molar-refractivity contribution in [1.82, 2.24) is 20.4 Å². The summed E-state index contributed by atoms with van der Waals surface area (Å²) in [5.74, 6) is -1.05. The Kier molecular flexibility index (Phi) is 12.5. The van der Waals surface area contributed by atoms with Crippen LogP contribution in [0.5, 0.6) is 0 Å². The molecule has 288 valence electrons. The molecular weight excluding hydrogens is 670 g/mol. The van der Waals surface area contributed by atoms with E-state index in [1.165, 1.54) is 0 Å². The van der Waals surface area contributed by atoms with Gasteiger partial charge in [-0.25, -0.2) is 19.3 Å². The SMILES string of the molecule is CC(C)(C)OC(=O)NC1CCC([C@H]2c3c(NCCCCOC(=O)N(C(=O)OC(C)(C)C)C(C)(C)C)cccc3C(=O)N2[C@H]2CCC(=O)NC2=O)CC1. The van der Waals surface area contributed by atoms with Crippen molar-refractivity contribution in [3.8, 4) is 0 Å². The van der Waals surface area contributed by atoms with Crippen molar-refractivity contribution in [2.75, 3.05) is 18.5 Å². The number of unbranched alkanes of at least 4 members (excludes halogenated alkanes) is 1. The minimum atomic E-state index is -0.849. The largest absolute Gasteiger partial charge is 0.449 e. The van der Waals surface area contributed by atoms with Gasteiger partial charge in [0.2, 0.25) is 11.8 Å². The number of alkyl carbamates (subject to hydrolysis) is 1. The van der Waals surface area contributed by atoms with Crippen LogP contribution in [0.3, 0.4) is 0 Å². The topological polar surface area (TPSA) is 173 Å². The van der Waals surface area contributed by atoms with Crippen LogP contribution in [0, 0.1) is 5.92 Å². The van der Waals surface area contributed by atoms with Gasteiger partial charge in [-0.15, -0.1) is 0 Å². The highest BCUT2D eigenvalue weighted by atomic mass is 16.6. The van der Waals surface area contributed by atoms with Gasteiger partial charge in [0.25, 0.3) is 5.91 Å². The third-order valence-corrected chi connectivity index (χ3v) is 9.19. The number of imide groups is 2. The van der Waals surface area contributed by atoms with E-state index in [1.54, 1.807) is 52.5 Å². The molecule has 3 N–H and O–H groups in total. The summed E-state index contributed by atoms with van der Waals surface area (Å²) in [5.41, 5.74) is -0.109. The molecule has 6 amide bonds. The summed E-state index contributed by atoms with van der Waals surface area (Å²) in [4.78, 5) is 80.1. The molecular formula is C38H57N5O9. The molecule has 1 saturated carbocycles. The lowest BCUT2D eigenvalue weighted by Gasteiger charge is -2.41. The van der Waals surface area contributed by atoms with Crippen LogP contribution in [0.1, 0.15) is 136 Å². The zero-order valence-electron chi connectivity index (χ0n) is 32.2. The highest BCUT2D eigenvalue weighted by Gasteiger charge is 2.49. The molecule has 2 aliphatic heterocycles. The Hall–Kier alpha value is -4.36. The number of amides is 6. The van der Waals surface area contributed by atoms with Crippen LogP contribution >= 0.6 is 0 Å². The third-order valence-electron chi connectivity index (χ3n) is 9.19. The Balaban J connectivity index is 1.44. The Morgan fingerprint density at radius 3 is 2.12 bits per heavy atom. The summed E-state index contributed by atoms with van der Waals surface area (Å²) in [6.45, 7) is 16.4. The third kappa shape index (κ3) is 10.4. The fourth-order valence-electron chi connectivity index (χ4n) is 7.03. The summed E-state index contributed by atoms with van der Waals surface area (Å²) in [6, 6.07) is 4.25. The standard InChI is InChI=1S/C38H57N5O9/c1-36(2,3)43(35(49)52-38(7,8)9)34(48)50-22-11-10-21-39-26-14-12-13-25-29(26)30(42(32(25)46)27-19-20-28(44)41-31(27)45)23-15-17-24(18-16-23)40-33(47)51-37(4,5)6/h12-14,23-24,27,30,39H,10-11,15-22H2,1-9H3,(H,40,47)(H,41,44,45)/t23?,24?,27-,30-/m0/s1. The molecule has 0 radical (unpaired) electrons. The average Bonchev–Trinajstić information content (AvgIpc) is 3.29. The molecule has 2 heterocycles. The van der Waals surface area contributed by atoms with Crippen LogP contribution in [-0.2, 0) is 23.8 Å². The minimum Gasteiger partial charge on any atom is -0.449 e. The molecule has 2 fully saturated rings. The Morgan fingerprint density at radius 2 is 1.52 bits per heavy atom. The summed E-state index contributed by atoms with van der Waals surface area (Å²) < 4.78 is 16.3. The van der Waals surface area contributed by atoms with E-state index in [2.05, 4.69) is 16.0 Å². The first-order valence-electron chi connectivity index (χ1n) is 18.4. The predicted octanol–water partition coefficient (Wildman–Crippen LogP) is 6.44. The lowest BCUT2D eigenvalue weighted by atomic mass is 9.78. The fraction of sp³-hybridized carbons (Fsp3) is 0.684. The molecule has 1 aliphatic carbocycles. The number of hydrogen-bond acceptors (Lipinski definition) is 10. The number of nitrogens with one attached hydrogen (secondary N) is 3. The van der Waals surface area contributed by atoms with Crippen molar-refractivity contribution in [2.45, 2.75) is 149 Å². The molecule has 3 aliphatic rings. The van der Waals surface area contributed by atoms with E-state index in [4.69, 9.17) is 14.2 Å². The van der Waals surface area contributed by atoms with Gasteiger partial charge in [0.15, 0.2) is 0 Å². The van der Waals surface area contributed by atoms with Crippen molar-refractivity contribution in [3.05, 3.63) is 29.3 Å². The molecule has 1 aromatic rings. The van der Waals surface area contributed by atoms with Gasteiger partial charge in [0.05, 0.1) is 12.6 Å². The first kappa shape index (κ1) is 40.4. The van der Waals surface area contributed by atoms with Gasteiger partial charge in [-0.3, -0.25) is 19.7 Å². The van der Waals surface area contributed by atoms with E-state index < -0.39 is 53.0 Å². The Bertz CT molecular complexity index is 1520. The van der Waals surface area contributed by atoms with Crippen LogP contribution in [0.2, 0.25) is 0 Å². The molecule has 2 atom stereocenters. The second-order valence-corrected chi connectivity index (χ2v) is 16.9. The van der Waals surface area contributed by atoms with E-state index in [0.29, 0.717) is 50.6 Å². The van der Waals surface area contributed by atoms with Crippen molar-refractivity contribution in [1.29, 1.82) is 0 Å². The number of carbonyl (C=O) groups excluding carboxylic acids is 6. The van der Waals surface area contributed by atoms with E-state index in [-0.39, 0.29) is 43.2 Å². The monoisotopic (exact) mass is 727 g/mol. The minimum absolute atomic E-state index is 0.00501. The number of nitrogens with zero attached hydrogens (tertiary/aromatic N) is 2. The van der Waals surface area contributed by atoms with E-state index >= 15 is 0 Å². The smallest absolute Gasteiger partial charge is 0.420 e. The number of piperidine rings is 1. The summed E-state index contributed by atoms with van der Waals surface area (Å²) in [7, 11) is 0. The molecule has 14 heteroatoms. The zero-order valence-corrected chi connectivity index (χ0v) is 32.2. The lowest BCUT2D eigenvalue weighted by Crippen LogP contribution is -2.54. The first-order valence-corrected chi connectivity index (χ1v) is 18.4.